The number of pyridine rings is 1. The summed E-state index contributed by atoms with van der Waals surface area (Å²) in [7, 11) is -3.54. The Labute approximate surface area is 147 Å². The van der Waals surface area contributed by atoms with Gasteiger partial charge in [0.1, 0.15) is 6.10 Å². The molecule has 1 aliphatic heterocycles. The van der Waals surface area contributed by atoms with Crippen LogP contribution in [0.1, 0.15) is 23.1 Å². The topological polar surface area (TPSA) is 83.3 Å². The van der Waals surface area contributed by atoms with Gasteiger partial charge in [0.2, 0.25) is 15.9 Å². The van der Waals surface area contributed by atoms with E-state index in [1.165, 1.54) is 10.5 Å². The minimum Gasteiger partial charge on any atom is -0.473 e. The van der Waals surface area contributed by atoms with Gasteiger partial charge < -0.3 is 4.74 Å². The van der Waals surface area contributed by atoms with E-state index in [1.54, 1.807) is 31.2 Å². The highest BCUT2D eigenvalue weighted by Crippen LogP contribution is 2.26. The van der Waals surface area contributed by atoms with Crippen LogP contribution in [0.3, 0.4) is 0 Å². The van der Waals surface area contributed by atoms with E-state index >= 15 is 0 Å². The molecule has 0 amide bonds. The summed E-state index contributed by atoms with van der Waals surface area (Å²) in [5.41, 5.74) is 2.23. The summed E-state index contributed by atoms with van der Waals surface area (Å²) in [6.07, 6.45) is 1.82. The van der Waals surface area contributed by atoms with Gasteiger partial charge in [-0.1, -0.05) is 17.7 Å². The molecule has 2 aromatic rings. The molecular weight excluding hydrogens is 338 g/mol. The molecule has 7 heteroatoms. The standard InChI is InChI=1S/C18H19N3O3S/c1-13-3-4-17(14(2)9-13)25(22,23)21-8-6-16(12-21)24-18-10-15(11-19)5-7-20-18/h3-5,7,9-10,16H,6,8,12H2,1-2H3. The van der Waals surface area contributed by atoms with Crippen LogP contribution in [0.5, 0.6) is 5.88 Å². The van der Waals surface area contributed by atoms with Crippen molar-refractivity contribution in [2.24, 2.45) is 0 Å². The third kappa shape index (κ3) is 3.65. The van der Waals surface area contributed by atoms with Crippen molar-refractivity contribution in [1.82, 2.24) is 9.29 Å². The molecule has 0 bridgehead atoms. The predicted molar refractivity (Wildman–Crippen MR) is 92.7 cm³/mol. The molecule has 3 rings (SSSR count). The van der Waals surface area contributed by atoms with Crippen LogP contribution in [0.2, 0.25) is 0 Å². The maximum atomic E-state index is 12.9. The second-order valence-corrected chi connectivity index (χ2v) is 8.06. The number of ether oxygens (including phenoxy) is 1. The first-order valence-corrected chi connectivity index (χ1v) is 9.44. The molecule has 1 aromatic heterocycles. The molecule has 0 saturated carbocycles. The van der Waals surface area contributed by atoms with Gasteiger partial charge in [-0.15, -0.1) is 0 Å². The fourth-order valence-electron chi connectivity index (χ4n) is 2.95. The molecule has 6 nitrogen and oxygen atoms in total. The van der Waals surface area contributed by atoms with E-state index in [-0.39, 0.29) is 12.6 Å². The minimum atomic E-state index is -3.54. The molecule has 0 radical (unpaired) electrons. The number of hydrogen-bond acceptors (Lipinski definition) is 5. The summed E-state index contributed by atoms with van der Waals surface area (Å²) in [5, 5.41) is 8.92. The van der Waals surface area contributed by atoms with Gasteiger partial charge in [-0.05, 0) is 38.0 Å². The Morgan fingerprint density at radius 2 is 2.08 bits per heavy atom. The van der Waals surface area contributed by atoms with Crippen LogP contribution in [0.4, 0.5) is 0 Å². The van der Waals surface area contributed by atoms with Crippen molar-refractivity contribution in [2.45, 2.75) is 31.3 Å². The van der Waals surface area contributed by atoms with Crippen LogP contribution in [-0.4, -0.2) is 36.9 Å². The number of rotatable bonds is 4. The van der Waals surface area contributed by atoms with Gasteiger partial charge in [-0.2, -0.15) is 9.57 Å². The van der Waals surface area contributed by atoms with Crippen LogP contribution < -0.4 is 4.74 Å². The Morgan fingerprint density at radius 1 is 1.28 bits per heavy atom. The smallest absolute Gasteiger partial charge is 0.243 e. The average Bonchev–Trinajstić information content (AvgIpc) is 3.04. The fraction of sp³-hybridized carbons (Fsp3) is 0.333. The zero-order valence-corrected chi connectivity index (χ0v) is 15.0. The third-order valence-electron chi connectivity index (χ3n) is 4.21. The molecule has 0 N–H and O–H groups in total. The highest BCUT2D eigenvalue weighted by atomic mass is 32.2. The molecule has 1 fully saturated rings. The van der Waals surface area contributed by atoms with E-state index in [2.05, 4.69) is 4.98 Å². The highest BCUT2D eigenvalue weighted by Gasteiger charge is 2.34. The number of benzene rings is 1. The van der Waals surface area contributed by atoms with Gasteiger partial charge in [-0.25, -0.2) is 13.4 Å². The van der Waals surface area contributed by atoms with Crippen molar-refractivity contribution in [2.75, 3.05) is 13.1 Å². The van der Waals surface area contributed by atoms with Crippen LogP contribution in [0, 0.1) is 25.2 Å². The lowest BCUT2D eigenvalue weighted by atomic mass is 10.2. The van der Waals surface area contributed by atoms with Gasteiger partial charge in [0.05, 0.1) is 23.1 Å². The molecular formula is C18H19N3O3S. The second-order valence-electron chi connectivity index (χ2n) is 6.16. The number of sulfonamides is 1. The summed E-state index contributed by atoms with van der Waals surface area (Å²) in [5.74, 6) is 0.342. The van der Waals surface area contributed by atoms with E-state index in [0.717, 1.165) is 11.1 Å². The Bertz CT molecular complexity index is 935. The van der Waals surface area contributed by atoms with Gasteiger partial charge in [0, 0.05) is 18.8 Å². The van der Waals surface area contributed by atoms with Gasteiger partial charge in [-0.3, -0.25) is 0 Å². The number of nitrogens with zero attached hydrogens (tertiary/aromatic N) is 3. The Morgan fingerprint density at radius 3 is 2.80 bits per heavy atom. The first-order valence-electron chi connectivity index (χ1n) is 8.00. The average molecular weight is 357 g/mol. The van der Waals surface area contributed by atoms with Crippen LogP contribution in [0.25, 0.3) is 0 Å². The van der Waals surface area contributed by atoms with Crippen molar-refractivity contribution in [3.05, 3.63) is 53.2 Å². The number of aryl methyl sites for hydroxylation is 2. The molecule has 2 heterocycles. The summed E-state index contributed by atoms with van der Waals surface area (Å²) in [4.78, 5) is 4.42. The summed E-state index contributed by atoms with van der Waals surface area (Å²) in [6.45, 7) is 4.42. The van der Waals surface area contributed by atoms with Crippen molar-refractivity contribution in [3.63, 3.8) is 0 Å². The molecule has 1 aliphatic rings. The molecule has 1 saturated heterocycles. The van der Waals surface area contributed by atoms with E-state index in [9.17, 15) is 8.42 Å². The van der Waals surface area contributed by atoms with Crippen molar-refractivity contribution >= 4 is 10.0 Å². The predicted octanol–water partition coefficient (Wildman–Crippen LogP) is 2.41. The van der Waals surface area contributed by atoms with Crippen molar-refractivity contribution < 1.29 is 13.2 Å². The lowest BCUT2D eigenvalue weighted by Crippen LogP contribution is -2.31. The first kappa shape index (κ1) is 17.4. The largest absolute Gasteiger partial charge is 0.473 e. The van der Waals surface area contributed by atoms with Gasteiger partial charge in [0.25, 0.3) is 0 Å². The zero-order chi connectivity index (χ0) is 18.0. The summed E-state index contributed by atoms with van der Waals surface area (Å²) in [6, 6.07) is 10.5. The summed E-state index contributed by atoms with van der Waals surface area (Å²) >= 11 is 0. The fourth-order valence-corrected chi connectivity index (χ4v) is 4.65. The SMILES string of the molecule is Cc1ccc(S(=O)(=O)N2CCC(Oc3cc(C#N)ccn3)C2)c(C)c1. The molecule has 130 valence electrons. The number of hydrogen-bond donors (Lipinski definition) is 0. The van der Waals surface area contributed by atoms with E-state index in [4.69, 9.17) is 10.00 Å². The molecule has 0 spiro atoms. The number of aromatic nitrogens is 1. The lowest BCUT2D eigenvalue weighted by Gasteiger charge is -2.18. The molecule has 25 heavy (non-hydrogen) atoms. The Kier molecular flexibility index (Phi) is 4.75. The van der Waals surface area contributed by atoms with Gasteiger partial charge >= 0.3 is 0 Å². The minimum absolute atomic E-state index is 0.272. The molecule has 1 aromatic carbocycles. The Hall–Kier alpha value is -2.43. The van der Waals surface area contributed by atoms with Crippen molar-refractivity contribution in [3.8, 4) is 11.9 Å². The molecule has 1 unspecified atom stereocenters. The second kappa shape index (κ2) is 6.82. The van der Waals surface area contributed by atoms with Gasteiger partial charge in [0.15, 0.2) is 0 Å². The van der Waals surface area contributed by atoms with E-state index in [1.807, 2.05) is 19.1 Å². The molecule has 1 atom stereocenters. The molecule has 0 aliphatic carbocycles. The van der Waals surface area contributed by atoms with Crippen molar-refractivity contribution in [1.29, 1.82) is 5.26 Å². The Balaban J connectivity index is 1.74. The summed E-state index contributed by atoms with van der Waals surface area (Å²) < 4.78 is 33.0. The zero-order valence-electron chi connectivity index (χ0n) is 14.1. The van der Waals surface area contributed by atoms with Crippen LogP contribution >= 0.6 is 0 Å². The first-order chi connectivity index (χ1) is 11.9. The number of nitriles is 1. The monoisotopic (exact) mass is 357 g/mol. The quantitative estimate of drug-likeness (QED) is 0.839. The van der Waals surface area contributed by atoms with E-state index < -0.39 is 10.0 Å². The van der Waals surface area contributed by atoms with Crippen LogP contribution in [0.15, 0.2) is 41.4 Å². The third-order valence-corrected chi connectivity index (χ3v) is 6.23. The normalized spacial score (nSPS) is 18.0. The maximum Gasteiger partial charge on any atom is 0.243 e. The maximum absolute atomic E-state index is 12.9. The lowest BCUT2D eigenvalue weighted by molar-refractivity contribution is 0.207. The van der Waals surface area contributed by atoms with E-state index in [0.29, 0.717) is 29.3 Å². The van der Waals surface area contributed by atoms with Crippen LogP contribution in [-0.2, 0) is 10.0 Å². The highest BCUT2D eigenvalue weighted by molar-refractivity contribution is 7.89.